The lowest BCUT2D eigenvalue weighted by molar-refractivity contribution is -0.147. The summed E-state index contributed by atoms with van der Waals surface area (Å²) in [5, 5.41) is 5.81. The van der Waals surface area contributed by atoms with Crippen LogP contribution in [0.15, 0.2) is 42.5 Å². The van der Waals surface area contributed by atoms with Crippen LogP contribution in [-0.2, 0) is 19.1 Å². The summed E-state index contributed by atoms with van der Waals surface area (Å²) in [4.78, 5) is 35.5. The Labute approximate surface area is 168 Å². The monoisotopic (exact) mass is 404 g/mol. The number of ether oxygens (including phenoxy) is 2. The van der Waals surface area contributed by atoms with E-state index < -0.39 is 18.5 Å². The maximum atomic E-state index is 11.9. The second-order valence-corrected chi connectivity index (χ2v) is 6.31. The molecule has 148 valence electrons. The van der Waals surface area contributed by atoms with Crippen molar-refractivity contribution in [2.75, 3.05) is 24.4 Å². The Balaban J connectivity index is 1.70. The zero-order chi connectivity index (χ0) is 20.5. The quantitative estimate of drug-likeness (QED) is 0.656. The first kappa shape index (κ1) is 21.2. The average molecular weight is 405 g/mol. The van der Waals surface area contributed by atoms with Gasteiger partial charge in [0.1, 0.15) is 5.75 Å². The Hall–Kier alpha value is -3.06. The SMILES string of the molecule is COc1ccc(NC(=O)CCC(=O)OCC(=O)Nc2cccc(Cl)c2C)cc1. The highest BCUT2D eigenvalue weighted by Crippen LogP contribution is 2.22. The Morgan fingerprint density at radius 3 is 2.36 bits per heavy atom. The minimum absolute atomic E-state index is 0.0557. The van der Waals surface area contributed by atoms with Gasteiger partial charge in [0.2, 0.25) is 5.91 Å². The summed E-state index contributed by atoms with van der Waals surface area (Å²) in [5.41, 5.74) is 1.86. The average Bonchev–Trinajstić information content (AvgIpc) is 2.69. The summed E-state index contributed by atoms with van der Waals surface area (Å²) in [6.07, 6.45) is -0.189. The highest BCUT2D eigenvalue weighted by Gasteiger charge is 2.12. The van der Waals surface area contributed by atoms with E-state index in [9.17, 15) is 14.4 Å². The third kappa shape index (κ3) is 6.59. The molecule has 0 saturated heterocycles. The van der Waals surface area contributed by atoms with Gasteiger partial charge in [0.25, 0.3) is 5.91 Å². The van der Waals surface area contributed by atoms with Crippen molar-refractivity contribution in [2.24, 2.45) is 0 Å². The van der Waals surface area contributed by atoms with E-state index in [0.29, 0.717) is 22.1 Å². The van der Waals surface area contributed by atoms with E-state index in [1.807, 2.05) is 0 Å². The van der Waals surface area contributed by atoms with Crippen LogP contribution in [0.25, 0.3) is 0 Å². The molecule has 2 N–H and O–H groups in total. The van der Waals surface area contributed by atoms with Crippen LogP contribution in [0.5, 0.6) is 5.75 Å². The van der Waals surface area contributed by atoms with Gasteiger partial charge in [0.15, 0.2) is 6.61 Å². The lowest BCUT2D eigenvalue weighted by Crippen LogP contribution is -2.22. The molecule has 0 atom stereocenters. The van der Waals surface area contributed by atoms with Crippen LogP contribution in [0.3, 0.4) is 0 Å². The molecule has 0 unspecified atom stereocenters. The number of hydrogen-bond donors (Lipinski definition) is 2. The summed E-state index contributed by atoms with van der Waals surface area (Å²) in [6.45, 7) is 1.33. The summed E-state index contributed by atoms with van der Waals surface area (Å²) in [5.74, 6) is -0.779. The van der Waals surface area contributed by atoms with Gasteiger partial charge in [-0.05, 0) is 48.9 Å². The number of amides is 2. The number of halogens is 1. The maximum Gasteiger partial charge on any atom is 0.306 e. The van der Waals surface area contributed by atoms with Crippen molar-refractivity contribution in [2.45, 2.75) is 19.8 Å². The van der Waals surface area contributed by atoms with Crippen LogP contribution in [0.2, 0.25) is 5.02 Å². The van der Waals surface area contributed by atoms with E-state index in [2.05, 4.69) is 10.6 Å². The van der Waals surface area contributed by atoms with Crippen molar-refractivity contribution in [3.63, 3.8) is 0 Å². The predicted molar refractivity (Wildman–Crippen MR) is 107 cm³/mol. The third-order valence-electron chi connectivity index (χ3n) is 3.84. The van der Waals surface area contributed by atoms with Gasteiger partial charge in [0.05, 0.1) is 13.5 Å². The molecule has 0 aliphatic rings. The van der Waals surface area contributed by atoms with E-state index >= 15 is 0 Å². The maximum absolute atomic E-state index is 11.9. The van der Waals surface area contributed by atoms with Crippen molar-refractivity contribution < 1.29 is 23.9 Å². The molecular formula is C20H21ClN2O5. The number of carbonyl (C=O) groups excluding carboxylic acids is 3. The molecular weight excluding hydrogens is 384 g/mol. The van der Waals surface area contributed by atoms with Crippen molar-refractivity contribution >= 4 is 40.8 Å². The molecule has 0 aromatic heterocycles. The van der Waals surface area contributed by atoms with E-state index in [-0.39, 0.29) is 18.7 Å². The molecule has 2 amide bonds. The number of nitrogens with one attached hydrogen (secondary N) is 2. The molecule has 0 saturated carbocycles. The number of carbonyl (C=O) groups is 3. The fourth-order valence-corrected chi connectivity index (χ4v) is 2.44. The molecule has 8 heteroatoms. The highest BCUT2D eigenvalue weighted by atomic mass is 35.5. The summed E-state index contributed by atoms with van der Waals surface area (Å²) in [6, 6.07) is 11.9. The van der Waals surface area contributed by atoms with Gasteiger partial charge in [-0.2, -0.15) is 0 Å². The zero-order valence-electron chi connectivity index (χ0n) is 15.6. The Morgan fingerprint density at radius 2 is 1.68 bits per heavy atom. The molecule has 2 aromatic carbocycles. The number of hydrogen-bond acceptors (Lipinski definition) is 5. The van der Waals surface area contributed by atoms with E-state index in [0.717, 1.165) is 5.56 Å². The minimum Gasteiger partial charge on any atom is -0.497 e. The first-order valence-corrected chi connectivity index (χ1v) is 8.91. The van der Waals surface area contributed by atoms with Gasteiger partial charge in [-0.25, -0.2) is 0 Å². The van der Waals surface area contributed by atoms with E-state index in [4.69, 9.17) is 21.1 Å². The molecule has 28 heavy (non-hydrogen) atoms. The topological polar surface area (TPSA) is 93.7 Å². The second-order valence-electron chi connectivity index (χ2n) is 5.90. The molecule has 7 nitrogen and oxygen atoms in total. The molecule has 0 fully saturated rings. The Bertz CT molecular complexity index is 852. The normalized spacial score (nSPS) is 10.1. The molecule has 0 aliphatic carbocycles. The highest BCUT2D eigenvalue weighted by molar-refractivity contribution is 6.31. The van der Waals surface area contributed by atoms with Gasteiger partial charge >= 0.3 is 5.97 Å². The van der Waals surface area contributed by atoms with Crippen molar-refractivity contribution in [3.05, 3.63) is 53.1 Å². The first-order chi connectivity index (χ1) is 13.4. The molecule has 2 rings (SSSR count). The van der Waals surface area contributed by atoms with Crippen LogP contribution in [0.1, 0.15) is 18.4 Å². The number of anilines is 2. The van der Waals surface area contributed by atoms with Gasteiger partial charge < -0.3 is 20.1 Å². The number of rotatable bonds is 8. The zero-order valence-corrected chi connectivity index (χ0v) is 16.3. The molecule has 2 aromatic rings. The summed E-state index contributed by atoms with van der Waals surface area (Å²) >= 11 is 5.99. The second kappa shape index (κ2) is 10.3. The van der Waals surface area contributed by atoms with Crippen LogP contribution in [0.4, 0.5) is 11.4 Å². The molecule has 0 radical (unpaired) electrons. The van der Waals surface area contributed by atoms with E-state index in [1.54, 1.807) is 56.5 Å². The number of methoxy groups -OCH3 is 1. The Morgan fingerprint density at radius 1 is 0.964 bits per heavy atom. The summed E-state index contributed by atoms with van der Waals surface area (Å²) in [7, 11) is 1.55. The smallest absolute Gasteiger partial charge is 0.306 e. The van der Waals surface area contributed by atoms with Crippen molar-refractivity contribution in [1.29, 1.82) is 0 Å². The molecule has 0 spiro atoms. The first-order valence-electron chi connectivity index (χ1n) is 8.53. The molecule has 0 bridgehead atoms. The van der Waals surface area contributed by atoms with Crippen LogP contribution in [0, 0.1) is 6.92 Å². The van der Waals surface area contributed by atoms with Crippen LogP contribution >= 0.6 is 11.6 Å². The van der Waals surface area contributed by atoms with Gasteiger partial charge in [-0.1, -0.05) is 17.7 Å². The fourth-order valence-electron chi connectivity index (χ4n) is 2.26. The van der Waals surface area contributed by atoms with Crippen LogP contribution in [-0.4, -0.2) is 31.5 Å². The van der Waals surface area contributed by atoms with Gasteiger partial charge in [0, 0.05) is 22.8 Å². The lowest BCUT2D eigenvalue weighted by Gasteiger charge is -2.10. The molecule has 0 aliphatic heterocycles. The fraction of sp³-hybridized carbons (Fsp3) is 0.250. The van der Waals surface area contributed by atoms with E-state index in [1.165, 1.54) is 0 Å². The van der Waals surface area contributed by atoms with Crippen LogP contribution < -0.4 is 15.4 Å². The minimum atomic E-state index is -0.636. The Kier molecular flexibility index (Phi) is 7.83. The standard InChI is InChI=1S/C20H21ClN2O5/c1-13-16(21)4-3-5-17(13)23-19(25)12-28-20(26)11-10-18(24)22-14-6-8-15(27-2)9-7-14/h3-9H,10-12H2,1-2H3,(H,22,24)(H,23,25). The molecule has 0 heterocycles. The lowest BCUT2D eigenvalue weighted by atomic mass is 10.2. The van der Waals surface area contributed by atoms with Crippen molar-refractivity contribution in [1.82, 2.24) is 0 Å². The number of esters is 1. The number of benzene rings is 2. The largest absolute Gasteiger partial charge is 0.497 e. The van der Waals surface area contributed by atoms with Crippen molar-refractivity contribution in [3.8, 4) is 5.75 Å². The summed E-state index contributed by atoms with van der Waals surface area (Å²) < 4.78 is 9.93. The van der Waals surface area contributed by atoms with Gasteiger partial charge in [-0.15, -0.1) is 0 Å². The third-order valence-corrected chi connectivity index (χ3v) is 4.25. The predicted octanol–water partition coefficient (Wildman–Crippen LogP) is 3.56. The van der Waals surface area contributed by atoms with Gasteiger partial charge in [-0.3, -0.25) is 14.4 Å².